The number of amides is 1. The molecule has 0 heterocycles. The molecule has 2 fully saturated rings. The standard InChI is InChI=1S/C22H28N2O3/c23-15-17-8-7-9-18(14-17)22(26)27-16-21(25)24(19-10-3-1-4-11-19)20-12-5-2-6-13-20/h7-9,14,19-20H,1-6,10-13,16H2. The minimum Gasteiger partial charge on any atom is -0.452 e. The van der Waals surface area contributed by atoms with Crippen molar-refractivity contribution in [1.29, 1.82) is 5.26 Å². The van der Waals surface area contributed by atoms with Crippen LogP contribution in [0.2, 0.25) is 0 Å². The molecule has 0 spiro atoms. The van der Waals surface area contributed by atoms with E-state index in [1.807, 2.05) is 6.07 Å². The van der Waals surface area contributed by atoms with Crippen LogP contribution in [0.4, 0.5) is 0 Å². The van der Waals surface area contributed by atoms with Crippen molar-refractivity contribution >= 4 is 11.9 Å². The molecule has 2 aliphatic carbocycles. The summed E-state index contributed by atoms with van der Waals surface area (Å²) in [6.07, 6.45) is 11.4. The highest BCUT2D eigenvalue weighted by molar-refractivity contribution is 5.91. The molecule has 0 bridgehead atoms. The molecule has 1 amide bonds. The Hall–Kier alpha value is -2.35. The SMILES string of the molecule is N#Cc1cccc(C(=O)OCC(=O)N(C2CCCCC2)C2CCCCC2)c1. The number of hydrogen-bond donors (Lipinski definition) is 0. The number of rotatable bonds is 5. The first-order chi connectivity index (χ1) is 13.2. The molecule has 27 heavy (non-hydrogen) atoms. The van der Waals surface area contributed by atoms with E-state index < -0.39 is 5.97 Å². The summed E-state index contributed by atoms with van der Waals surface area (Å²) in [4.78, 5) is 27.3. The summed E-state index contributed by atoms with van der Waals surface area (Å²) in [5, 5.41) is 8.96. The van der Waals surface area contributed by atoms with Crippen molar-refractivity contribution in [3.05, 3.63) is 35.4 Å². The van der Waals surface area contributed by atoms with E-state index in [-0.39, 0.29) is 24.6 Å². The fourth-order valence-electron chi connectivity index (χ4n) is 4.42. The third-order valence-electron chi connectivity index (χ3n) is 5.78. The Kier molecular flexibility index (Phi) is 6.86. The summed E-state index contributed by atoms with van der Waals surface area (Å²) in [5.41, 5.74) is 0.713. The van der Waals surface area contributed by atoms with Crippen LogP contribution >= 0.6 is 0 Å². The molecular formula is C22H28N2O3. The Labute approximate surface area is 161 Å². The Morgan fingerprint density at radius 1 is 1.00 bits per heavy atom. The van der Waals surface area contributed by atoms with Crippen molar-refractivity contribution in [3.63, 3.8) is 0 Å². The van der Waals surface area contributed by atoms with Crippen LogP contribution in [-0.4, -0.2) is 35.5 Å². The van der Waals surface area contributed by atoms with Crippen molar-refractivity contribution in [2.45, 2.75) is 76.3 Å². The van der Waals surface area contributed by atoms with Gasteiger partial charge in [-0.05, 0) is 43.9 Å². The molecule has 0 atom stereocenters. The number of carbonyl (C=O) groups excluding carboxylic acids is 2. The van der Waals surface area contributed by atoms with Crippen LogP contribution in [0.3, 0.4) is 0 Å². The van der Waals surface area contributed by atoms with Crippen LogP contribution in [0.5, 0.6) is 0 Å². The first-order valence-electron chi connectivity index (χ1n) is 10.2. The summed E-state index contributed by atoms with van der Waals surface area (Å²) in [5.74, 6) is -0.619. The van der Waals surface area contributed by atoms with E-state index in [2.05, 4.69) is 4.90 Å². The van der Waals surface area contributed by atoms with Gasteiger partial charge in [-0.25, -0.2) is 4.79 Å². The Balaban J connectivity index is 1.64. The zero-order chi connectivity index (χ0) is 19.1. The molecule has 0 N–H and O–H groups in total. The average Bonchev–Trinajstić information content (AvgIpc) is 2.74. The molecule has 1 aromatic rings. The van der Waals surface area contributed by atoms with E-state index in [0.717, 1.165) is 25.7 Å². The first kappa shape index (κ1) is 19.4. The average molecular weight is 368 g/mol. The predicted molar refractivity (Wildman–Crippen MR) is 102 cm³/mol. The molecular weight excluding hydrogens is 340 g/mol. The molecule has 0 aliphatic heterocycles. The van der Waals surface area contributed by atoms with Gasteiger partial charge in [0.25, 0.3) is 5.91 Å². The monoisotopic (exact) mass is 368 g/mol. The number of ether oxygens (including phenoxy) is 1. The van der Waals surface area contributed by atoms with Crippen LogP contribution in [0.1, 0.15) is 80.1 Å². The highest BCUT2D eigenvalue weighted by Gasteiger charge is 2.32. The highest BCUT2D eigenvalue weighted by atomic mass is 16.5. The van der Waals surface area contributed by atoms with Gasteiger partial charge in [-0.3, -0.25) is 4.79 Å². The van der Waals surface area contributed by atoms with Crippen LogP contribution < -0.4 is 0 Å². The third-order valence-corrected chi connectivity index (χ3v) is 5.78. The molecule has 0 radical (unpaired) electrons. The number of nitrogens with zero attached hydrogens (tertiary/aromatic N) is 2. The summed E-state index contributed by atoms with van der Waals surface area (Å²) < 4.78 is 5.31. The van der Waals surface area contributed by atoms with E-state index in [1.54, 1.807) is 18.2 Å². The number of nitriles is 1. The van der Waals surface area contributed by atoms with Crippen molar-refractivity contribution < 1.29 is 14.3 Å². The van der Waals surface area contributed by atoms with Gasteiger partial charge in [0.2, 0.25) is 0 Å². The normalized spacial score (nSPS) is 18.5. The number of esters is 1. The lowest BCUT2D eigenvalue weighted by atomic mass is 9.88. The van der Waals surface area contributed by atoms with Crippen LogP contribution in [0.15, 0.2) is 24.3 Å². The molecule has 2 saturated carbocycles. The maximum atomic E-state index is 13.0. The van der Waals surface area contributed by atoms with Crippen molar-refractivity contribution in [2.75, 3.05) is 6.61 Å². The second kappa shape index (κ2) is 9.55. The minimum absolute atomic E-state index is 0.0708. The van der Waals surface area contributed by atoms with Gasteiger partial charge < -0.3 is 9.64 Å². The molecule has 0 saturated heterocycles. The Bertz CT molecular complexity index is 680. The first-order valence-corrected chi connectivity index (χ1v) is 10.2. The van der Waals surface area contributed by atoms with E-state index in [9.17, 15) is 9.59 Å². The largest absolute Gasteiger partial charge is 0.452 e. The smallest absolute Gasteiger partial charge is 0.338 e. The second-order valence-electron chi connectivity index (χ2n) is 7.65. The van der Waals surface area contributed by atoms with Crippen molar-refractivity contribution in [1.82, 2.24) is 4.90 Å². The Morgan fingerprint density at radius 3 is 2.15 bits per heavy atom. The van der Waals surface area contributed by atoms with Gasteiger partial charge in [0.1, 0.15) is 0 Å². The van der Waals surface area contributed by atoms with E-state index in [4.69, 9.17) is 10.00 Å². The summed E-state index contributed by atoms with van der Waals surface area (Å²) in [6, 6.07) is 8.96. The zero-order valence-electron chi connectivity index (χ0n) is 15.9. The number of hydrogen-bond acceptors (Lipinski definition) is 4. The van der Waals surface area contributed by atoms with Gasteiger partial charge in [0, 0.05) is 12.1 Å². The fraction of sp³-hybridized carbons (Fsp3) is 0.591. The van der Waals surface area contributed by atoms with Crippen LogP contribution in [0.25, 0.3) is 0 Å². The third kappa shape index (κ3) is 5.09. The van der Waals surface area contributed by atoms with Gasteiger partial charge in [-0.1, -0.05) is 44.6 Å². The molecule has 3 rings (SSSR count). The fourth-order valence-corrected chi connectivity index (χ4v) is 4.42. The molecule has 1 aromatic carbocycles. The topological polar surface area (TPSA) is 70.4 Å². The van der Waals surface area contributed by atoms with Gasteiger partial charge in [-0.2, -0.15) is 5.26 Å². The predicted octanol–water partition coefficient (Wildman–Crippen LogP) is 4.21. The van der Waals surface area contributed by atoms with Crippen LogP contribution in [0, 0.1) is 11.3 Å². The lowest BCUT2D eigenvalue weighted by Gasteiger charge is -2.41. The lowest BCUT2D eigenvalue weighted by Crippen LogP contribution is -2.50. The van der Waals surface area contributed by atoms with Gasteiger partial charge in [0.05, 0.1) is 17.2 Å². The quantitative estimate of drug-likeness (QED) is 0.730. The molecule has 0 unspecified atom stereocenters. The summed E-state index contributed by atoms with van der Waals surface area (Å²) in [7, 11) is 0. The maximum Gasteiger partial charge on any atom is 0.338 e. The number of carbonyl (C=O) groups is 2. The lowest BCUT2D eigenvalue weighted by molar-refractivity contribution is -0.141. The maximum absolute atomic E-state index is 13.0. The number of benzene rings is 1. The summed E-state index contributed by atoms with van der Waals surface area (Å²) in [6.45, 7) is -0.220. The van der Waals surface area contributed by atoms with E-state index in [1.165, 1.54) is 44.6 Å². The van der Waals surface area contributed by atoms with Gasteiger partial charge in [-0.15, -0.1) is 0 Å². The Morgan fingerprint density at radius 2 is 1.59 bits per heavy atom. The zero-order valence-corrected chi connectivity index (χ0v) is 15.9. The highest BCUT2D eigenvalue weighted by Crippen LogP contribution is 2.30. The minimum atomic E-state index is -0.548. The van der Waals surface area contributed by atoms with Crippen LogP contribution in [-0.2, 0) is 9.53 Å². The van der Waals surface area contributed by atoms with Crippen molar-refractivity contribution in [2.24, 2.45) is 0 Å². The molecule has 0 aromatic heterocycles. The molecule has 5 heteroatoms. The van der Waals surface area contributed by atoms with Gasteiger partial charge in [0.15, 0.2) is 6.61 Å². The van der Waals surface area contributed by atoms with E-state index in [0.29, 0.717) is 11.1 Å². The molecule has 5 nitrogen and oxygen atoms in total. The second-order valence-corrected chi connectivity index (χ2v) is 7.65. The molecule has 144 valence electrons. The summed E-state index contributed by atoms with van der Waals surface area (Å²) >= 11 is 0. The molecule has 2 aliphatic rings. The van der Waals surface area contributed by atoms with Gasteiger partial charge >= 0.3 is 5.97 Å². The van der Waals surface area contributed by atoms with E-state index >= 15 is 0 Å². The van der Waals surface area contributed by atoms with Crippen molar-refractivity contribution in [3.8, 4) is 6.07 Å².